The zero-order valence-electron chi connectivity index (χ0n) is 5.22. The van der Waals surface area contributed by atoms with Gasteiger partial charge in [0.05, 0.1) is 0 Å². The number of hydrogen-bond donors (Lipinski definition) is 0. The topological polar surface area (TPSA) is 0 Å². The van der Waals surface area contributed by atoms with E-state index in [1.54, 1.807) is 0 Å². The third kappa shape index (κ3) is 2.94. The van der Waals surface area contributed by atoms with Crippen molar-refractivity contribution < 1.29 is 0 Å². The van der Waals surface area contributed by atoms with Crippen LogP contribution in [0.1, 0.15) is 19.8 Å². The number of hydrogen-bond acceptors (Lipinski definition) is 0. The van der Waals surface area contributed by atoms with Gasteiger partial charge in [0.1, 0.15) is 0 Å². The summed E-state index contributed by atoms with van der Waals surface area (Å²) in [7, 11) is 0. The average molecular weight is 115 g/mol. The Morgan fingerprint density at radius 3 is 2.22 bits per heavy atom. The summed E-state index contributed by atoms with van der Waals surface area (Å²) in [6.07, 6.45) is 11.0. The molecule has 9 heavy (non-hydrogen) atoms. The minimum atomic E-state index is 0. The summed E-state index contributed by atoms with van der Waals surface area (Å²) >= 11 is 0. The van der Waals surface area contributed by atoms with Crippen LogP contribution in [0.3, 0.4) is 0 Å². The van der Waals surface area contributed by atoms with Crippen molar-refractivity contribution in [3.63, 3.8) is 0 Å². The molecule has 0 unspecified atom stereocenters. The van der Waals surface area contributed by atoms with E-state index in [-0.39, 0.29) is 18.9 Å². The molecule has 1 aliphatic rings. The fraction of sp³-hybridized carbons (Fsp3) is 0.375. The zero-order valence-corrected chi connectivity index (χ0v) is 5.22. The second-order valence-corrected chi connectivity index (χ2v) is 2.04. The van der Waals surface area contributed by atoms with Crippen molar-refractivity contribution >= 4 is 18.9 Å². The normalized spacial score (nSPS) is 16.1. The van der Waals surface area contributed by atoms with Crippen LogP contribution in [0, 0.1) is 5.92 Å². The van der Waals surface area contributed by atoms with Crippen LogP contribution >= 0.6 is 0 Å². The SMILES string of the molecule is CCC[C]1C=CC=C1.[LiH]. The summed E-state index contributed by atoms with van der Waals surface area (Å²) in [5, 5.41) is 0. The Kier molecular flexibility index (Phi) is 4.95. The molecular weight excluding hydrogens is 103 g/mol. The van der Waals surface area contributed by atoms with Crippen molar-refractivity contribution in [3.05, 3.63) is 30.2 Å². The molecule has 0 atom stereocenters. The molecule has 1 rings (SSSR count). The summed E-state index contributed by atoms with van der Waals surface area (Å²) in [6.45, 7) is 2.20. The monoisotopic (exact) mass is 115 g/mol. The van der Waals surface area contributed by atoms with Crippen molar-refractivity contribution in [1.29, 1.82) is 0 Å². The third-order valence-corrected chi connectivity index (χ3v) is 1.27. The molecule has 0 nitrogen and oxygen atoms in total. The Hall–Kier alpha value is 0.0774. The molecule has 0 aromatic rings. The fourth-order valence-electron chi connectivity index (χ4n) is 0.869. The van der Waals surface area contributed by atoms with Crippen LogP contribution in [0.25, 0.3) is 0 Å². The van der Waals surface area contributed by atoms with Gasteiger partial charge in [-0.25, -0.2) is 0 Å². The first-order valence-electron chi connectivity index (χ1n) is 3.14. The molecule has 0 fully saturated rings. The van der Waals surface area contributed by atoms with E-state index < -0.39 is 0 Å². The van der Waals surface area contributed by atoms with Crippen molar-refractivity contribution in [2.24, 2.45) is 0 Å². The summed E-state index contributed by atoms with van der Waals surface area (Å²) in [6, 6.07) is 0. The first-order chi connectivity index (χ1) is 3.93. The first-order valence-corrected chi connectivity index (χ1v) is 3.14. The van der Waals surface area contributed by atoms with Gasteiger partial charge in [-0.05, 0) is 6.42 Å². The summed E-state index contributed by atoms with van der Waals surface area (Å²) < 4.78 is 0. The standard InChI is InChI=1S/C8H11.Li.H/c1-2-5-8-6-3-4-7-8;;/h3-4,6-7H,2,5H2,1H3;;. The van der Waals surface area contributed by atoms with Crippen molar-refractivity contribution in [2.75, 3.05) is 0 Å². The van der Waals surface area contributed by atoms with Crippen LogP contribution in [0.5, 0.6) is 0 Å². The van der Waals surface area contributed by atoms with E-state index in [9.17, 15) is 0 Å². The molecule has 0 saturated heterocycles. The van der Waals surface area contributed by atoms with Gasteiger partial charge in [0, 0.05) is 5.92 Å². The molecule has 45 valence electrons. The maximum absolute atomic E-state index is 2.20. The van der Waals surface area contributed by atoms with E-state index in [4.69, 9.17) is 0 Å². The van der Waals surface area contributed by atoms with Crippen LogP contribution in [-0.4, -0.2) is 18.9 Å². The van der Waals surface area contributed by atoms with Crippen molar-refractivity contribution in [1.82, 2.24) is 0 Å². The van der Waals surface area contributed by atoms with Gasteiger partial charge in [0.25, 0.3) is 0 Å². The van der Waals surface area contributed by atoms with Gasteiger partial charge >= 0.3 is 18.9 Å². The van der Waals surface area contributed by atoms with Crippen LogP contribution < -0.4 is 0 Å². The van der Waals surface area contributed by atoms with Gasteiger partial charge in [0.2, 0.25) is 0 Å². The quantitative estimate of drug-likeness (QED) is 0.482. The van der Waals surface area contributed by atoms with Gasteiger partial charge < -0.3 is 0 Å². The summed E-state index contributed by atoms with van der Waals surface area (Å²) in [5.41, 5.74) is 0. The third-order valence-electron chi connectivity index (χ3n) is 1.27. The van der Waals surface area contributed by atoms with Gasteiger partial charge in [-0.1, -0.05) is 37.6 Å². The first kappa shape index (κ1) is 9.08. The Morgan fingerprint density at radius 1 is 1.22 bits per heavy atom. The molecule has 1 radical (unpaired) electrons. The van der Waals surface area contributed by atoms with Crippen LogP contribution in [0.2, 0.25) is 0 Å². The van der Waals surface area contributed by atoms with Crippen molar-refractivity contribution in [3.8, 4) is 0 Å². The Balaban J connectivity index is 0.000000640. The van der Waals surface area contributed by atoms with Gasteiger partial charge in [-0.15, -0.1) is 0 Å². The predicted octanol–water partition coefficient (Wildman–Crippen LogP) is 1.84. The van der Waals surface area contributed by atoms with E-state index in [1.165, 1.54) is 18.8 Å². The summed E-state index contributed by atoms with van der Waals surface area (Å²) in [5.74, 6) is 1.47. The van der Waals surface area contributed by atoms with E-state index in [2.05, 4.69) is 31.2 Å². The second-order valence-electron chi connectivity index (χ2n) is 2.04. The van der Waals surface area contributed by atoms with Crippen LogP contribution in [-0.2, 0) is 0 Å². The van der Waals surface area contributed by atoms with Crippen LogP contribution in [0.4, 0.5) is 0 Å². The summed E-state index contributed by atoms with van der Waals surface area (Å²) in [4.78, 5) is 0. The molecule has 0 spiro atoms. The van der Waals surface area contributed by atoms with Crippen molar-refractivity contribution in [2.45, 2.75) is 19.8 Å². The van der Waals surface area contributed by atoms with Crippen LogP contribution in [0.15, 0.2) is 24.3 Å². The molecule has 0 aromatic carbocycles. The van der Waals surface area contributed by atoms with Gasteiger partial charge in [0.15, 0.2) is 0 Å². The van der Waals surface area contributed by atoms with E-state index in [0.717, 1.165) is 0 Å². The molecule has 0 saturated carbocycles. The van der Waals surface area contributed by atoms with E-state index in [0.29, 0.717) is 0 Å². The maximum atomic E-state index is 2.20. The molecule has 1 aliphatic carbocycles. The number of allylic oxidation sites excluding steroid dienone is 4. The molecule has 0 heterocycles. The molecular formula is C8H12Li. The molecule has 0 aliphatic heterocycles. The second kappa shape index (κ2) is 4.91. The molecule has 0 bridgehead atoms. The van der Waals surface area contributed by atoms with Gasteiger partial charge in [-0.2, -0.15) is 0 Å². The molecule has 0 N–H and O–H groups in total. The average Bonchev–Trinajstić information content (AvgIpc) is 2.19. The van der Waals surface area contributed by atoms with Gasteiger partial charge in [-0.3, -0.25) is 0 Å². The van der Waals surface area contributed by atoms with E-state index >= 15 is 0 Å². The zero-order chi connectivity index (χ0) is 5.82. The Labute approximate surface area is 69.2 Å². The fourth-order valence-corrected chi connectivity index (χ4v) is 0.869. The van der Waals surface area contributed by atoms with E-state index in [1.807, 2.05) is 0 Å². The predicted molar refractivity (Wildman–Crippen MR) is 43.6 cm³/mol. The molecule has 1 heteroatoms. The minimum absolute atomic E-state index is 0. The Bertz CT molecular complexity index is 102. The molecule has 0 aromatic heterocycles. The number of rotatable bonds is 2. The Morgan fingerprint density at radius 2 is 1.78 bits per heavy atom. The molecule has 0 amide bonds.